The van der Waals surface area contributed by atoms with E-state index in [-0.39, 0.29) is 23.0 Å². The van der Waals surface area contributed by atoms with Crippen molar-refractivity contribution < 1.29 is 17.9 Å². The predicted octanol–water partition coefficient (Wildman–Crippen LogP) is 4.08. The summed E-state index contributed by atoms with van der Waals surface area (Å²) in [4.78, 5) is 12.8. The molecule has 3 rings (SSSR count). The second-order valence-electron chi connectivity index (χ2n) is 7.86. The molecule has 1 aliphatic rings. The quantitative estimate of drug-likeness (QED) is 0.718. The number of carbonyl (C=O) groups is 1. The van der Waals surface area contributed by atoms with Crippen LogP contribution in [0, 0.1) is 0 Å². The molecule has 0 aliphatic carbocycles. The summed E-state index contributed by atoms with van der Waals surface area (Å²) in [6.07, 6.45) is 2.95. The van der Waals surface area contributed by atoms with Crippen molar-refractivity contribution in [2.75, 3.05) is 18.4 Å². The molecule has 1 saturated heterocycles. The average Bonchev–Trinajstić information content (AvgIpc) is 2.72. The van der Waals surface area contributed by atoms with Gasteiger partial charge in [0.25, 0.3) is 5.91 Å². The summed E-state index contributed by atoms with van der Waals surface area (Å²) in [7, 11) is -3.70. The molecule has 1 fully saturated rings. The van der Waals surface area contributed by atoms with E-state index >= 15 is 0 Å². The monoisotopic (exact) mass is 430 g/mol. The summed E-state index contributed by atoms with van der Waals surface area (Å²) in [5.74, 6) is -0.336. The number of rotatable bonds is 7. The second-order valence-corrected chi connectivity index (χ2v) is 9.80. The third kappa shape index (κ3) is 5.47. The smallest absolute Gasteiger partial charge is 0.255 e. The molecular weight excluding hydrogens is 400 g/mol. The van der Waals surface area contributed by atoms with E-state index in [9.17, 15) is 13.2 Å². The maximum Gasteiger partial charge on any atom is 0.255 e. The van der Waals surface area contributed by atoms with Gasteiger partial charge in [-0.1, -0.05) is 31.5 Å². The number of sulfonamides is 1. The van der Waals surface area contributed by atoms with Gasteiger partial charge in [-0.05, 0) is 62.6 Å². The van der Waals surface area contributed by atoms with E-state index in [4.69, 9.17) is 4.74 Å². The van der Waals surface area contributed by atoms with Gasteiger partial charge in [-0.15, -0.1) is 0 Å². The number of amides is 1. The summed E-state index contributed by atoms with van der Waals surface area (Å²) in [6, 6.07) is 13.9. The lowest BCUT2D eigenvalue weighted by molar-refractivity contribution is -0.0440. The number of anilines is 1. The van der Waals surface area contributed by atoms with Crippen LogP contribution in [0.5, 0.6) is 0 Å². The molecule has 0 saturated carbocycles. The van der Waals surface area contributed by atoms with Crippen molar-refractivity contribution in [3.63, 3.8) is 0 Å². The number of nitrogens with zero attached hydrogens (tertiary/aromatic N) is 1. The number of nitrogens with one attached hydrogen (secondary N) is 1. The van der Waals surface area contributed by atoms with Crippen molar-refractivity contribution in [1.82, 2.24) is 4.31 Å². The average molecular weight is 431 g/mol. The summed E-state index contributed by atoms with van der Waals surface area (Å²) >= 11 is 0. The van der Waals surface area contributed by atoms with Crippen LogP contribution in [0.2, 0.25) is 0 Å². The zero-order chi connectivity index (χ0) is 21.7. The Labute approximate surface area is 179 Å². The van der Waals surface area contributed by atoms with E-state index in [1.807, 2.05) is 38.1 Å². The van der Waals surface area contributed by atoms with Crippen molar-refractivity contribution >= 4 is 21.6 Å². The summed E-state index contributed by atoms with van der Waals surface area (Å²) in [5.41, 5.74) is 2.22. The Morgan fingerprint density at radius 3 is 2.40 bits per heavy atom. The van der Waals surface area contributed by atoms with Gasteiger partial charge in [-0.2, -0.15) is 4.31 Å². The number of hydrogen-bond donors (Lipinski definition) is 1. The Morgan fingerprint density at radius 1 is 1.10 bits per heavy atom. The zero-order valence-corrected chi connectivity index (χ0v) is 18.6. The lowest BCUT2D eigenvalue weighted by Gasteiger charge is -2.34. The second kappa shape index (κ2) is 9.73. The molecule has 162 valence electrons. The topological polar surface area (TPSA) is 75.7 Å². The van der Waals surface area contributed by atoms with E-state index in [1.54, 1.807) is 12.1 Å². The van der Waals surface area contributed by atoms with E-state index in [0.717, 1.165) is 19.3 Å². The number of ether oxygens (including phenoxy) is 1. The number of unbranched alkanes of at least 4 members (excludes halogenated alkanes) is 1. The molecular formula is C23H30N2O4S. The standard InChI is InChI=1S/C23H30N2O4S/c1-4-5-7-19-10-12-21(13-11-19)24-23(26)20-8-6-9-22(14-20)30(27,28)25-15-17(2)29-18(3)16-25/h6,8-14,17-18H,4-5,7,15-16H2,1-3H3,(H,24,26)/t17-,18-/m1/s1. The normalized spacial score (nSPS) is 20.1. The van der Waals surface area contributed by atoms with Crippen molar-refractivity contribution in [3.8, 4) is 0 Å². The maximum atomic E-state index is 13.1. The fourth-order valence-electron chi connectivity index (χ4n) is 3.61. The Kier molecular flexibility index (Phi) is 7.28. The van der Waals surface area contributed by atoms with Crippen LogP contribution in [0.3, 0.4) is 0 Å². The Morgan fingerprint density at radius 2 is 1.77 bits per heavy atom. The highest BCUT2D eigenvalue weighted by Gasteiger charge is 2.32. The molecule has 0 radical (unpaired) electrons. The molecule has 2 aromatic rings. The highest BCUT2D eigenvalue weighted by molar-refractivity contribution is 7.89. The molecule has 0 bridgehead atoms. The Hall–Kier alpha value is -2.22. The van der Waals surface area contributed by atoms with Crippen molar-refractivity contribution in [3.05, 3.63) is 59.7 Å². The molecule has 0 unspecified atom stereocenters. The fourth-order valence-corrected chi connectivity index (χ4v) is 5.25. The summed E-state index contributed by atoms with van der Waals surface area (Å²) in [6.45, 7) is 6.47. The molecule has 7 heteroatoms. The first-order valence-corrected chi connectivity index (χ1v) is 11.9. The third-order valence-corrected chi connectivity index (χ3v) is 6.98. The lowest BCUT2D eigenvalue weighted by Crippen LogP contribution is -2.48. The van der Waals surface area contributed by atoms with E-state index in [1.165, 1.54) is 22.0 Å². The summed E-state index contributed by atoms with van der Waals surface area (Å²) in [5, 5.41) is 2.85. The highest BCUT2D eigenvalue weighted by Crippen LogP contribution is 2.22. The highest BCUT2D eigenvalue weighted by atomic mass is 32.2. The largest absolute Gasteiger partial charge is 0.373 e. The van der Waals surface area contributed by atoms with E-state index in [0.29, 0.717) is 24.3 Å². The lowest BCUT2D eigenvalue weighted by atomic mass is 10.1. The van der Waals surface area contributed by atoms with Gasteiger partial charge in [0.05, 0.1) is 17.1 Å². The number of benzene rings is 2. The minimum absolute atomic E-state index is 0.117. The van der Waals surface area contributed by atoms with Gasteiger partial charge in [-0.3, -0.25) is 4.79 Å². The fraction of sp³-hybridized carbons (Fsp3) is 0.435. The molecule has 30 heavy (non-hydrogen) atoms. The van der Waals surface area contributed by atoms with Crippen LogP contribution in [0.25, 0.3) is 0 Å². The van der Waals surface area contributed by atoms with E-state index in [2.05, 4.69) is 12.2 Å². The molecule has 2 atom stereocenters. The zero-order valence-electron chi connectivity index (χ0n) is 17.8. The SMILES string of the molecule is CCCCc1ccc(NC(=O)c2cccc(S(=O)(=O)N3C[C@@H](C)O[C@H](C)C3)c2)cc1. The van der Waals surface area contributed by atoms with Crippen LogP contribution in [0.15, 0.2) is 53.4 Å². The van der Waals surface area contributed by atoms with Gasteiger partial charge in [-0.25, -0.2) is 8.42 Å². The molecule has 1 heterocycles. The number of morpholine rings is 1. The Bertz CT molecular complexity index is 963. The van der Waals surface area contributed by atoms with Crippen LogP contribution in [-0.4, -0.2) is 43.9 Å². The molecule has 0 spiro atoms. The minimum Gasteiger partial charge on any atom is -0.373 e. The molecule has 0 aromatic heterocycles. The van der Waals surface area contributed by atoms with Crippen LogP contribution < -0.4 is 5.32 Å². The van der Waals surface area contributed by atoms with Gasteiger partial charge in [0.1, 0.15) is 0 Å². The first-order chi connectivity index (χ1) is 14.3. The third-order valence-electron chi connectivity index (χ3n) is 5.15. The van der Waals surface area contributed by atoms with Crippen LogP contribution >= 0.6 is 0 Å². The molecule has 1 N–H and O–H groups in total. The van der Waals surface area contributed by atoms with Gasteiger partial charge < -0.3 is 10.1 Å². The van der Waals surface area contributed by atoms with Crippen molar-refractivity contribution in [1.29, 1.82) is 0 Å². The van der Waals surface area contributed by atoms with E-state index < -0.39 is 10.0 Å². The maximum absolute atomic E-state index is 13.1. The Balaban J connectivity index is 1.73. The van der Waals surface area contributed by atoms with Gasteiger partial charge in [0.2, 0.25) is 10.0 Å². The molecule has 6 nitrogen and oxygen atoms in total. The number of hydrogen-bond acceptors (Lipinski definition) is 4. The molecule has 1 amide bonds. The first-order valence-electron chi connectivity index (χ1n) is 10.5. The minimum atomic E-state index is -3.70. The van der Waals surface area contributed by atoms with Crippen LogP contribution in [-0.2, 0) is 21.2 Å². The summed E-state index contributed by atoms with van der Waals surface area (Å²) < 4.78 is 33.2. The van der Waals surface area contributed by atoms with Gasteiger partial charge >= 0.3 is 0 Å². The molecule has 2 aromatic carbocycles. The van der Waals surface area contributed by atoms with Crippen molar-refractivity contribution in [2.24, 2.45) is 0 Å². The number of aryl methyl sites for hydroxylation is 1. The molecule has 1 aliphatic heterocycles. The van der Waals surface area contributed by atoms with Gasteiger partial charge in [0, 0.05) is 24.3 Å². The van der Waals surface area contributed by atoms with Crippen LogP contribution in [0.1, 0.15) is 49.5 Å². The van der Waals surface area contributed by atoms with Crippen molar-refractivity contribution in [2.45, 2.75) is 57.1 Å². The van der Waals surface area contributed by atoms with Gasteiger partial charge in [0.15, 0.2) is 0 Å². The van der Waals surface area contributed by atoms with Crippen LogP contribution in [0.4, 0.5) is 5.69 Å². The number of carbonyl (C=O) groups excluding carboxylic acids is 1. The first kappa shape index (κ1) is 22.5. The predicted molar refractivity (Wildman–Crippen MR) is 118 cm³/mol.